The Kier molecular flexibility index (Phi) is 7.12. The summed E-state index contributed by atoms with van der Waals surface area (Å²) in [6.45, 7) is 4.53. The van der Waals surface area contributed by atoms with E-state index in [0.29, 0.717) is 47.8 Å². The van der Waals surface area contributed by atoms with E-state index in [1.165, 1.54) is 0 Å². The van der Waals surface area contributed by atoms with E-state index in [2.05, 4.69) is 32.3 Å². The molecule has 0 bridgehead atoms. The lowest BCUT2D eigenvalue weighted by atomic mass is 10.1. The number of aromatic nitrogens is 4. The number of carbonyl (C=O) groups is 2. The molecule has 0 saturated carbocycles. The van der Waals surface area contributed by atoms with Crippen LogP contribution in [0, 0.1) is 0 Å². The molecule has 0 spiro atoms. The van der Waals surface area contributed by atoms with Crippen LogP contribution in [0.5, 0.6) is 5.75 Å². The second-order valence-electron chi connectivity index (χ2n) is 7.88. The Hall–Kier alpha value is -4.57. The van der Waals surface area contributed by atoms with Gasteiger partial charge in [-0.15, -0.1) is 0 Å². The van der Waals surface area contributed by atoms with Gasteiger partial charge in [0.15, 0.2) is 6.29 Å². The smallest absolute Gasteiger partial charge is 0.247 e. The minimum atomic E-state index is -0.404. The third kappa shape index (κ3) is 5.50. The van der Waals surface area contributed by atoms with Gasteiger partial charge in [-0.25, -0.2) is 14.5 Å². The Bertz CT molecular complexity index is 1380. The van der Waals surface area contributed by atoms with Gasteiger partial charge in [-0.05, 0) is 50.5 Å². The van der Waals surface area contributed by atoms with E-state index in [1.54, 1.807) is 35.1 Å². The van der Waals surface area contributed by atoms with Gasteiger partial charge in [0.1, 0.15) is 12.4 Å². The maximum Gasteiger partial charge on any atom is 0.247 e. The molecule has 0 saturated heterocycles. The lowest BCUT2D eigenvalue weighted by molar-refractivity contribution is -0.111. The highest BCUT2D eigenvalue weighted by atomic mass is 16.5. The number of amides is 1. The van der Waals surface area contributed by atoms with Crippen LogP contribution in [0.15, 0.2) is 67.6 Å². The molecule has 35 heavy (non-hydrogen) atoms. The number of fused-ring (bicyclic) bond motifs is 1. The molecule has 0 unspecified atom stereocenters. The van der Waals surface area contributed by atoms with Crippen LogP contribution in [0.4, 0.5) is 17.3 Å². The highest BCUT2D eigenvalue weighted by molar-refractivity contribution is 6.01. The molecule has 0 fully saturated rings. The molecule has 4 aromatic rings. The molecule has 1 amide bonds. The third-order valence-electron chi connectivity index (χ3n) is 5.12. The van der Waals surface area contributed by atoms with Gasteiger partial charge in [-0.2, -0.15) is 5.10 Å². The summed E-state index contributed by atoms with van der Waals surface area (Å²) in [5, 5.41) is 10.2. The summed E-state index contributed by atoms with van der Waals surface area (Å²) in [4.78, 5) is 34.7. The minimum Gasteiger partial charge on any atom is -0.490 e. The largest absolute Gasteiger partial charge is 0.490 e. The first-order chi connectivity index (χ1) is 17.0. The standard InChI is InChI=1S/C25H25N7O3/c1-4-24(34)28-21-14-20(17(16-33)13-23(21)35-12-11-31(2)3)30-25-26-9-8-19(29-25)18-15-27-32-10-6-5-7-22(18)32/h4-10,13-16H,1,11-12H2,2-3H3,(H,28,34)(H,26,29,30). The van der Waals surface area contributed by atoms with Crippen molar-refractivity contribution in [2.45, 2.75) is 0 Å². The number of rotatable bonds is 10. The number of ether oxygens (including phenoxy) is 1. The van der Waals surface area contributed by atoms with Gasteiger partial charge in [-0.3, -0.25) is 9.59 Å². The summed E-state index contributed by atoms with van der Waals surface area (Å²) in [6.07, 6.45) is 7.08. The van der Waals surface area contributed by atoms with Gasteiger partial charge in [0.05, 0.1) is 28.8 Å². The Morgan fingerprint density at radius 2 is 2.09 bits per heavy atom. The van der Waals surface area contributed by atoms with Crippen molar-refractivity contribution in [3.63, 3.8) is 0 Å². The van der Waals surface area contributed by atoms with E-state index in [-0.39, 0.29) is 5.95 Å². The number of nitrogens with zero attached hydrogens (tertiary/aromatic N) is 5. The fraction of sp³-hybridized carbons (Fsp3) is 0.160. The van der Waals surface area contributed by atoms with Crippen LogP contribution in [0.3, 0.4) is 0 Å². The fourth-order valence-corrected chi connectivity index (χ4v) is 3.36. The first-order valence-corrected chi connectivity index (χ1v) is 10.9. The Morgan fingerprint density at radius 1 is 1.23 bits per heavy atom. The van der Waals surface area contributed by atoms with Crippen molar-refractivity contribution in [1.82, 2.24) is 24.5 Å². The predicted molar refractivity (Wildman–Crippen MR) is 134 cm³/mol. The first-order valence-electron chi connectivity index (χ1n) is 10.9. The van der Waals surface area contributed by atoms with E-state index in [9.17, 15) is 9.59 Å². The van der Waals surface area contributed by atoms with E-state index in [4.69, 9.17) is 4.74 Å². The van der Waals surface area contributed by atoms with E-state index in [0.717, 1.165) is 17.2 Å². The minimum absolute atomic E-state index is 0.281. The molecule has 2 N–H and O–H groups in total. The van der Waals surface area contributed by atoms with Crippen molar-refractivity contribution in [2.75, 3.05) is 37.9 Å². The highest BCUT2D eigenvalue weighted by Gasteiger charge is 2.15. The lowest BCUT2D eigenvalue weighted by Crippen LogP contribution is -2.20. The molecule has 1 aromatic carbocycles. The number of benzene rings is 1. The van der Waals surface area contributed by atoms with Crippen molar-refractivity contribution >= 4 is 35.0 Å². The summed E-state index contributed by atoms with van der Waals surface area (Å²) in [6, 6.07) is 10.7. The average molecular weight is 472 g/mol. The first kappa shape index (κ1) is 23.6. The Labute approximate surface area is 202 Å². The number of aldehydes is 1. The summed E-state index contributed by atoms with van der Waals surface area (Å²) in [5.41, 5.74) is 3.54. The summed E-state index contributed by atoms with van der Waals surface area (Å²) in [7, 11) is 3.85. The predicted octanol–water partition coefficient (Wildman–Crippen LogP) is 3.41. The van der Waals surface area contributed by atoms with Crippen molar-refractivity contribution in [3.8, 4) is 17.0 Å². The van der Waals surface area contributed by atoms with E-state index >= 15 is 0 Å². The maximum atomic E-state index is 12.0. The van der Waals surface area contributed by atoms with Crippen LogP contribution in [0.25, 0.3) is 16.8 Å². The van der Waals surface area contributed by atoms with Gasteiger partial charge in [0.25, 0.3) is 0 Å². The number of hydrogen-bond donors (Lipinski definition) is 2. The number of nitrogens with one attached hydrogen (secondary N) is 2. The molecule has 4 rings (SSSR count). The molecule has 3 aromatic heterocycles. The molecule has 0 aliphatic rings. The molecule has 0 aliphatic heterocycles. The Morgan fingerprint density at radius 3 is 2.86 bits per heavy atom. The summed E-state index contributed by atoms with van der Waals surface area (Å²) >= 11 is 0. The van der Waals surface area contributed by atoms with E-state index < -0.39 is 5.91 Å². The zero-order valence-corrected chi connectivity index (χ0v) is 19.4. The van der Waals surface area contributed by atoms with Gasteiger partial charge in [0.2, 0.25) is 11.9 Å². The van der Waals surface area contributed by atoms with E-state index in [1.807, 2.05) is 43.4 Å². The zero-order chi connectivity index (χ0) is 24.8. The second kappa shape index (κ2) is 10.6. The SMILES string of the molecule is C=CC(=O)Nc1cc(Nc2nccc(-c3cnn4ccccc34)n2)c(C=O)cc1OCCN(C)C. The highest BCUT2D eigenvalue weighted by Crippen LogP contribution is 2.33. The monoisotopic (exact) mass is 471 g/mol. The van der Waals surface area contributed by atoms with Crippen molar-refractivity contribution in [3.05, 3.63) is 73.2 Å². The van der Waals surface area contributed by atoms with Gasteiger partial charge >= 0.3 is 0 Å². The van der Waals surface area contributed by atoms with Crippen molar-refractivity contribution < 1.29 is 14.3 Å². The molecule has 10 heteroatoms. The Balaban J connectivity index is 1.67. The molecule has 10 nitrogen and oxygen atoms in total. The van der Waals surface area contributed by atoms with Crippen molar-refractivity contribution in [2.24, 2.45) is 0 Å². The van der Waals surface area contributed by atoms with Gasteiger partial charge in [-0.1, -0.05) is 12.6 Å². The molecular formula is C25H25N7O3. The number of carbonyl (C=O) groups excluding carboxylic acids is 2. The fourth-order valence-electron chi connectivity index (χ4n) is 3.36. The molecule has 0 radical (unpaired) electrons. The topological polar surface area (TPSA) is 114 Å². The molecule has 3 heterocycles. The average Bonchev–Trinajstić information content (AvgIpc) is 3.29. The summed E-state index contributed by atoms with van der Waals surface area (Å²) in [5.74, 6) is 0.248. The summed E-state index contributed by atoms with van der Waals surface area (Å²) < 4.78 is 7.59. The normalized spacial score (nSPS) is 10.8. The number of anilines is 3. The quantitative estimate of drug-likeness (QED) is 0.267. The maximum absolute atomic E-state index is 12.0. The van der Waals surface area contributed by atoms with Gasteiger partial charge in [0, 0.05) is 30.1 Å². The molecule has 178 valence electrons. The number of pyridine rings is 1. The second-order valence-corrected chi connectivity index (χ2v) is 7.88. The van der Waals surface area contributed by atoms with Crippen LogP contribution in [0.2, 0.25) is 0 Å². The van der Waals surface area contributed by atoms with Crippen molar-refractivity contribution in [1.29, 1.82) is 0 Å². The number of likely N-dealkylation sites (N-methyl/N-ethyl adjacent to an activating group) is 1. The van der Waals surface area contributed by atoms with Gasteiger partial charge < -0.3 is 20.3 Å². The van der Waals surface area contributed by atoms with Crippen LogP contribution in [-0.4, -0.2) is 63.9 Å². The van der Waals surface area contributed by atoms with Crippen LogP contribution < -0.4 is 15.4 Å². The number of hydrogen-bond acceptors (Lipinski definition) is 8. The van der Waals surface area contributed by atoms with Crippen LogP contribution in [0.1, 0.15) is 10.4 Å². The molecule has 0 aliphatic carbocycles. The van der Waals surface area contributed by atoms with Crippen LogP contribution in [-0.2, 0) is 4.79 Å². The zero-order valence-electron chi connectivity index (χ0n) is 19.4. The van der Waals surface area contributed by atoms with Crippen LogP contribution >= 0.6 is 0 Å². The third-order valence-corrected chi connectivity index (χ3v) is 5.12. The lowest BCUT2D eigenvalue weighted by Gasteiger charge is -2.17. The molecule has 0 atom stereocenters. The molecular weight excluding hydrogens is 446 g/mol.